The van der Waals surface area contributed by atoms with Crippen LogP contribution in [-0.4, -0.2) is 65.2 Å². The summed E-state index contributed by atoms with van der Waals surface area (Å²) in [5.74, 6) is -0.0630. The predicted octanol–water partition coefficient (Wildman–Crippen LogP) is 0.437. The maximum atomic E-state index is 12.5. The van der Waals surface area contributed by atoms with Crippen LogP contribution in [0.4, 0.5) is 0 Å². The van der Waals surface area contributed by atoms with Crippen LogP contribution in [0.15, 0.2) is 29.2 Å². The molecule has 2 rings (SSSR count). The number of nitrogens with zero attached hydrogens (tertiary/aromatic N) is 1. The average Bonchev–Trinajstić information content (AvgIpc) is 2.87. The number of benzene rings is 1. The molecule has 0 atom stereocenters. The first-order valence-corrected chi connectivity index (χ1v) is 9.70. The van der Waals surface area contributed by atoms with Gasteiger partial charge in [0.15, 0.2) is 0 Å². The molecule has 0 aromatic heterocycles. The highest BCUT2D eigenvalue weighted by Gasteiger charge is 2.19. The fourth-order valence-electron chi connectivity index (χ4n) is 2.48. The van der Waals surface area contributed by atoms with Crippen molar-refractivity contribution in [1.82, 2.24) is 14.9 Å². The van der Waals surface area contributed by atoms with Gasteiger partial charge in [0.2, 0.25) is 10.0 Å². The van der Waals surface area contributed by atoms with Crippen molar-refractivity contribution in [3.63, 3.8) is 0 Å². The van der Waals surface area contributed by atoms with Crippen LogP contribution in [0.5, 0.6) is 0 Å². The zero-order valence-electron chi connectivity index (χ0n) is 14.0. The molecule has 1 heterocycles. The zero-order chi connectivity index (χ0) is 17.4. The molecule has 1 aliphatic heterocycles. The molecule has 1 amide bonds. The third-order valence-electron chi connectivity index (χ3n) is 3.78. The number of carbonyl (C=O) groups is 1. The number of carbonyl (C=O) groups excluding carboxylic acids is 1. The summed E-state index contributed by atoms with van der Waals surface area (Å²) in [6.45, 7) is 6.02. The Kier molecular flexibility index (Phi) is 7.16. The minimum Gasteiger partial charge on any atom is -0.380 e. The van der Waals surface area contributed by atoms with Gasteiger partial charge in [0.1, 0.15) is 0 Å². The number of amides is 1. The smallest absolute Gasteiger partial charge is 0.253 e. The van der Waals surface area contributed by atoms with Crippen LogP contribution in [0, 0.1) is 0 Å². The third kappa shape index (κ3) is 5.27. The van der Waals surface area contributed by atoms with E-state index in [4.69, 9.17) is 4.74 Å². The largest absolute Gasteiger partial charge is 0.380 e. The highest BCUT2D eigenvalue weighted by molar-refractivity contribution is 7.89. The molecule has 7 nitrogen and oxygen atoms in total. The topological polar surface area (TPSA) is 87.7 Å². The van der Waals surface area contributed by atoms with Gasteiger partial charge < -0.3 is 15.0 Å². The van der Waals surface area contributed by atoms with Crippen LogP contribution in [0.1, 0.15) is 23.7 Å². The minimum absolute atomic E-state index is 0.0630. The molecule has 1 saturated heterocycles. The zero-order valence-corrected chi connectivity index (χ0v) is 14.8. The standard InChI is InChI=1S/C16H25N3O4S/c1-2-23-13-10-18-24(21,22)15-6-4-14(5-7-15)16(20)19-11-3-8-17-9-12-19/h4-7,17-18H,2-3,8-13H2,1H3. The lowest BCUT2D eigenvalue weighted by atomic mass is 10.2. The van der Waals surface area contributed by atoms with Crippen LogP contribution in [0.2, 0.25) is 0 Å². The lowest BCUT2D eigenvalue weighted by molar-refractivity contribution is 0.0766. The van der Waals surface area contributed by atoms with Crippen LogP contribution in [-0.2, 0) is 14.8 Å². The van der Waals surface area contributed by atoms with E-state index in [1.807, 2.05) is 6.92 Å². The van der Waals surface area contributed by atoms with E-state index < -0.39 is 10.0 Å². The molecule has 134 valence electrons. The van der Waals surface area contributed by atoms with Crippen molar-refractivity contribution >= 4 is 15.9 Å². The Morgan fingerprint density at radius 3 is 2.71 bits per heavy atom. The monoisotopic (exact) mass is 355 g/mol. The van der Waals surface area contributed by atoms with Crippen LogP contribution in [0.3, 0.4) is 0 Å². The Balaban J connectivity index is 1.99. The predicted molar refractivity (Wildman–Crippen MR) is 91.5 cm³/mol. The molecule has 0 saturated carbocycles. The first-order chi connectivity index (χ1) is 11.5. The first kappa shape index (κ1) is 18.9. The van der Waals surface area contributed by atoms with E-state index in [0.29, 0.717) is 31.9 Å². The van der Waals surface area contributed by atoms with Crippen molar-refractivity contribution in [2.75, 3.05) is 45.9 Å². The van der Waals surface area contributed by atoms with Gasteiger partial charge in [-0.05, 0) is 44.2 Å². The third-order valence-corrected chi connectivity index (χ3v) is 5.26. The van der Waals surface area contributed by atoms with Gasteiger partial charge in [0.25, 0.3) is 5.91 Å². The molecule has 1 aromatic carbocycles. The molecule has 1 aromatic rings. The minimum atomic E-state index is -3.58. The number of rotatable bonds is 7. The van der Waals surface area contributed by atoms with Crippen LogP contribution < -0.4 is 10.0 Å². The second-order valence-electron chi connectivity index (χ2n) is 5.51. The van der Waals surface area contributed by atoms with E-state index in [1.54, 1.807) is 17.0 Å². The molecule has 8 heteroatoms. The van der Waals surface area contributed by atoms with E-state index in [9.17, 15) is 13.2 Å². The summed E-state index contributed by atoms with van der Waals surface area (Å²) in [7, 11) is -3.58. The van der Waals surface area contributed by atoms with Crippen molar-refractivity contribution in [3.8, 4) is 0 Å². The molecule has 0 unspecified atom stereocenters. The lowest BCUT2D eigenvalue weighted by Gasteiger charge is -2.20. The molecule has 2 N–H and O–H groups in total. The Bertz CT molecular complexity index is 623. The maximum absolute atomic E-state index is 12.5. The van der Waals surface area contributed by atoms with Gasteiger partial charge in [0, 0.05) is 38.3 Å². The molecule has 24 heavy (non-hydrogen) atoms. The number of sulfonamides is 1. The van der Waals surface area contributed by atoms with E-state index in [0.717, 1.165) is 19.5 Å². The summed E-state index contributed by atoms with van der Waals surface area (Å²) in [6, 6.07) is 6.06. The summed E-state index contributed by atoms with van der Waals surface area (Å²) < 4.78 is 31.9. The second kappa shape index (κ2) is 9.12. The van der Waals surface area contributed by atoms with Crippen molar-refractivity contribution in [2.45, 2.75) is 18.2 Å². The maximum Gasteiger partial charge on any atom is 0.253 e. The Morgan fingerprint density at radius 1 is 1.25 bits per heavy atom. The summed E-state index contributed by atoms with van der Waals surface area (Å²) in [4.78, 5) is 14.4. The second-order valence-corrected chi connectivity index (χ2v) is 7.28. The first-order valence-electron chi connectivity index (χ1n) is 8.22. The summed E-state index contributed by atoms with van der Waals surface area (Å²) in [5, 5.41) is 3.25. The SMILES string of the molecule is CCOCCNS(=O)(=O)c1ccc(C(=O)N2CCCNCC2)cc1. The molecule has 1 aliphatic rings. The normalized spacial score (nSPS) is 16.0. The number of hydrogen-bond acceptors (Lipinski definition) is 5. The molecule has 0 spiro atoms. The quantitative estimate of drug-likeness (QED) is 0.693. The van der Waals surface area contributed by atoms with Gasteiger partial charge >= 0.3 is 0 Å². The number of nitrogens with one attached hydrogen (secondary N) is 2. The summed E-state index contributed by atoms with van der Waals surface area (Å²) in [6.07, 6.45) is 0.919. The van der Waals surface area contributed by atoms with Gasteiger partial charge in [0.05, 0.1) is 11.5 Å². The van der Waals surface area contributed by atoms with Gasteiger partial charge in [-0.25, -0.2) is 13.1 Å². The highest BCUT2D eigenvalue weighted by atomic mass is 32.2. The fraction of sp³-hybridized carbons (Fsp3) is 0.562. The average molecular weight is 355 g/mol. The Labute approximate surface area is 143 Å². The highest BCUT2D eigenvalue weighted by Crippen LogP contribution is 2.13. The number of ether oxygens (including phenoxy) is 1. The van der Waals surface area contributed by atoms with E-state index in [1.165, 1.54) is 12.1 Å². The number of hydrogen-bond donors (Lipinski definition) is 2. The van der Waals surface area contributed by atoms with Crippen LogP contribution in [0.25, 0.3) is 0 Å². The van der Waals surface area contributed by atoms with Crippen molar-refractivity contribution in [2.24, 2.45) is 0 Å². The van der Waals surface area contributed by atoms with E-state index in [-0.39, 0.29) is 17.3 Å². The van der Waals surface area contributed by atoms with Gasteiger partial charge in [-0.15, -0.1) is 0 Å². The molecular formula is C16H25N3O4S. The van der Waals surface area contributed by atoms with Crippen molar-refractivity contribution < 1.29 is 17.9 Å². The molecule has 0 bridgehead atoms. The van der Waals surface area contributed by atoms with Crippen LogP contribution >= 0.6 is 0 Å². The van der Waals surface area contributed by atoms with Crippen molar-refractivity contribution in [3.05, 3.63) is 29.8 Å². The van der Waals surface area contributed by atoms with E-state index >= 15 is 0 Å². The summed E-state index contributed by atoms with van der Waals surface area (Å²) in [5.41, 5.74) is 0.505. The Hall–Kier alpha value is -1.48. The molecule has 0 radical (unpaired) electrons. The molecule has 0 aliphatic carbocycles. The van der Waals surface area contributed by atoms with E-state index in [2.05, 4.69) is 10.0 Å². The molecule has 1 fully saturated rings. The fourth-order valence-corrected chi connectivity index (χ4v) is 3.50. The van der Waals surface area contributed by atoms with Gasteiger partial charge in [-0.3, -0.25) is 4.79 Å². The summed E-state index contributed by atoms with van der Waals surface area (Å²) >= 11 is 0. The lowest BCUT2D eigenvalue weighted by Crippen LogP contribution is -2.34. The molecular weight excluding hydrogens is 330 g/mol. The Morgan fingerprint density at radius 2 is 2.00 bits per heavy atom. The van der Waals surface area contributed by atoms with Crippen molar-refractivity contribution in [1.29, 1.82) is 0 Å². The van der Waals surface area contributed by atoms with Gasteiger partial charge in [-0.2, -0.15) is 0 Å². The van der Waals surface area contributed by atoms with Gasteiger partial charge in [-0.1, -0.05) is 0 Å².